The summed E-state index contributed by atoms with van der Waals surface area (Å²) >= 11 is 0. The predicted octanol–water partition coefficient (Wildman–Crippen LogP) is 14.6. The van der Waals surface area contributed by atoms with Crippen LogP contribution in [0.2, 0.25) is 0 Å². The van der Waals surface area contributed by atoms with E-state index in [1.54, 1.807) is 0 Å². The van der Waals surface area contributed by atoms with E-state index in [0.29, 0.717) is 0 Å². The highest BCUT2D eigenvalue weighted by atomic mass is 15.0. The second-order valence-corrected chi connectivity index (χ2v) is 17.9. The standard InChI is InChI=1S/C59H39N.2H2/c1-57(2)43-23-8-3-20-38(43)41-34-42-39-21-7-16-32-53(39)60(55(42)35-52(41)57)54-33-17-31-51-56(54)40-22-6-11-26-46(40)59(51)49-29-14-12-27-47(49)58(48-28-13-15-30-50(48)59)44-24-9-4-18-36(44)37-19-5-10-25-45(37)58;;/h3-35H,1-2H3;2*1H. The molecule has 1 heterocycles. The van der Waals surface area contributed by atoms with Crippen molar-refractivity contribution in [3.05, 3.63) is 256 Å². The van der Waals surface area contributed by atoms with Crippen LogP contribution in [-0.2, 0) is 16.2 Å². The van der Waals surface area contributed by atoms with Gasteiger partial charge in [0, 0.05) is 24.6 Å². The van der Waals surface area contributed by atoms with Gasteiger partial charge in [-0.2, -0.15) is 0 Å². The van der Waals surface area contributed by atoms with Gasteiger partial charge in [0.05, 0.1) is 27.6 Å². The molecule has 284 valence electrons. The zero-order chi connectivity index (χ0) is 39.5. The Morgan fingerprint density at radius 1 is 0.317 bits per heavy atom. The number of para-hydroxylation sites is 1. The van der Waals surface area contributed by atoms with Crippen LogP contribution < -0.4 is 0 Å². The van der Waals surface area contributed by atoms with Crippen LogP contribution in [-0.4, -0.2) is 4.57 Å². The van der Waals surface area contributed by atoms with Crippen LogP contribution in [0.1, 0.15) is 72.3 Å². The summed E-state index contributed by atoms with van der Waals surface area (Å²) in [4.78, 5) is 0. The van der Waals surface area contributed by atoms with Gasteiger partial charge in [-0.05, 0) is 108 Å². The van der Waals surface area contributed by atoms with E-state index in [-0.39, 0.29) is 8.27 Å². The predicted molar refractivity (Wildman–Crippen MR) is 251 cm³/mol. The highest BCUT2D eigenvalue weighted by molar-refractivity contribution is 6.12. The lowest BCUT2D eigenvalue weighted by molar-refractivity contribution is 0.633. The monoisotopic (exact) mass is 765 g/mol. The van der Waals surface area contributed by atoms with Gasteiger partial charge >= 0.3 is 0 Å². The first-order valence-electron chi connectivity index (χ1n) is 21.4. The fraction of sp³-hybridized carbons (Fsp3) is 0.0847. The van der Waals surface area contributed by atoms with Crippen LogP contribution in [0, 0.1) is 0 Å². The fourth-order valence-electron chi connectivity index (χ4n) is 12.9. The van der Waals surface area contributed by atoms with Crippen LogP contribution in [0.5, 0.6) is 0 Å². The average molecular weight is 766 g/mol. The molecule has 1 heteroatoms. The van der Waals surface area contributed by atoms with Gasteiger partial charge in [0.1, 0.15) is 0 Å². The van der Waals surface area contributed by atoms with Crippen LogP contribution in [0.3, 0.4) is 0 Å². The van der Waals surface area contributed by atoms with E-state index in [9.17, 15) is 0 Å². The molecule has 14 rings (SSSR count). The summed E-state index contributed by atoms with van der Waals surface area (Å²) < 4.78 is 2.59. The number of nitrogens with zero attached hydrogens (tertiary/aromatic N) is 1. The molecule has 0 fully saturated rings. The zero-order valence-electron chi connectivity index (χ0n) is 33.5. The molecule has 0 saturated carbocycles. The summed E-state index contributed by atoms with van der Waals surface area (Å²) in [7, 11) is 0. The lowest BCUT2D eigenvalue weighted by atomic mass is 9.52. The van der Waals surface area contributed by atoms with Crippen molar-refractivity contribution in [3.63, 3.8) is 0 Å². The molecule has 60 heavy (non-hydrogen) atoms. The Bertz CT molecular complexity index is 3450. The summed E-state index contributed by atoms with van der Waals surface area (Å²) in [5.41, 5.74) is 24.2. The number of hydrogen-bond donors (Lipinski definition) is 0. The highest BCUT2D eigenvalue weighted by Crippen LogP contribution is 2.68. The summed E-state index contributed by atoms with van der Waals surface area (Å²) in [5.74, 6) is 0. The topological polar surface area (TPSA) is 4.93 Å². The molecule has 0 N–H and O–H groups in total. The first-order valence-corrected chi connectivity index (χ1v) is 21.4. The zero-order valence-corrected chi connectivity index (χ0v) is 33.5. The Morgan fingerprint density at radius 2 is 0.750 bits per heavy atom. The first kappa shape index (κ1) is 32.7. The molecule has 0 radical (unpaired) electrons. The molecule has 4 aliphatic carbocycles. The molecular formula is C59H43N. The summed E-state index contributed by atoms with van der Waals surface area (Å²) in [5, 5.41) is 2.58. The molecule has 0 unspecified atom stereocenters. The van der Waals surface area contributed by atoms with Crippen molar-refractivity contribution in [1.82, 2.24) is 4.57 Å². The minimum atomic E-state index is -0.545. The minimum absolute atomic E-state index is 0. The van der Waals surface area contributed by atoms with E-state index in [0.717, 1.165) is 0 Å². The third kappa shape index (κ3) is 3.57. The van der Waals surface area contributed by atoms with E-state index in [4.69, 9.17) is 0 Å². The van der Waals surface area contributed by atoms with E-state index in [1.807, 2.05) is 0 Å². The van der Waals surface area contributed by atoms with Crippen LogP contribution >= 0.6 is 0 Å². The molecule has 0 bridgehead atoms. The molecule has 4 aliphatic rings. The van der Waals surface area contributed by atoms with Gasteiger partial charge in [-0.1, -0.05) is 190 Å². The second kappa shape index (κ2) is 11.1. The lowest BCUT2D eigenvalue weighted by Gasteiger charge is -2.48. The Hall–Kier alpha value is -7.22. The Labute approximate surface area is 352 Å². The minimum Gasteiger partial charge on any atom is -0.309 e. The molecule has 1 nitrogen and oxygen atoms in total. The van der Waals surface area contributed by atoms with Crippen molar-refractivity contribution in [2.75, 3.05) is 0 Å². The Kier molecular flexibility index (Phi) is 6.04. The number of fused-ring (bicyclic) bond motifs is 22. The van der Waals surface area contributed by atoms with Gasteiger partial charge in [-0.15, -0.1) is 0 Å². The van der Waals surface area contributed by atoms with E-state index >= 15 is 0 Å². The number of aromatic nitrogens is 1. The van der Waals surface area contributed by atoms with Crippen molar-refractivity contribution in [1.29, 1.82) is 0 Å². The van der Waals surface area contributed by atoms with Crippen molar-refractivity contribution in [3.8, 4) is 39.1 Å². The maximum atomic E-state index is 2.59. The third-order valence-corrected chi connectivity index (χ3v) is 15.1. The van der Waals surface area contributed by atoms with Gasteiger partial charge < -0.3 is 4.57 Å². The van der Waals surface area contributed by atoms with Crippen LogP contribution in [0.25, 0.3) is 60.9 Å². The number of hydrogen-bond acceptors (Lipinski definition) is 0. The molecule has 0 amide bonds. The molecule has 0 aliphatic heterocycles. The van der Waals surface area contributed by atoms with Crippen molar-refractivity contribution < 1.29 is 2.85 Å². The third-order valence-electron chi connectivity index (χ3n) is 15.1. The van der Waals surface area contributed by atoms with Gasteiger partial charge in [-0.25, -0.2) is 0 Å². The lowest BCUT2D eigenvalue weighted by Crippen LogP contribution is -2.43. The molecule has 1 aromatic heterocycles. The summed E-state index contributed by atoms with van der Waals surface area (Å²) in [6.07, 6.45) is 0. The maximum Gasteiger partial charge on any atom is 0.0720 e. The Morgan fingerprint density at radius 3 is 1.35 bits per heavy atom. The molecule has 2 spiro atoms. The van der Waals surface area contributed by atoms with Crippen molar-refractivity contribution in [2.24, 2.45) is 0 Å². The molecule has 0 atom stereocenters. The number of rotatable bonds is 1. The molecule has 10 aromatic rings. The van der Waals surface area contributed by atoms with Crippen molar-refractivity contribution in [2.45, 2.75) is 30.1 Å². The van der Waals surface area contributed by atoms with Gasteiger partial charge in [0.15, 0.2) is 0 Å². The molecule has 0 saturated heterocycles. The van der Waals surface area contributed by atoms with Crippen molar-refractivity contribution >= 4 is 21.8 Å². The molecular weight excluding hydrogens is 723 g/mol. The maximum absolute atomic E-state index is 2.59. The quantitative estimate of drug-likeness (QED) is 0.157. The van der Waals surface area contributed by atoms with Crippen LogP contribution in [0.4, 0.5) is 0 Å². The fourth-order valence-corrected chi connectivity index (χ4v) is 12.9. The smallest absolute Gasteiger partial charge is 0.0720 e. The van der Waals surface area contributed by atoms with Gasteiger partial charge in [-0.3, -0.25) is 0 Å². The van der Waals surface area contributed by atoms with E-state index < -0.39 is 10.8 Å². The number of benzene rings is 9. The SMILES string of the molecule is CC1(C)c2ccccc2-c2cc3c4ccccc4n(-c4cccc5c4-c4ccccc4C54c5ccccc5C5(c6ccccc6-c6ccccc65)c5ccccc54)c3cc21.[HH].[HH]. The largest absolute Gasteiger partial charge is 0.309 e. The Balaban J connectivity index is 0.00000205. The normalized spacial score (nSPS) is 15.9. The highest BCUT2D eigenvalue weighted by Gasteiger charge is 2.59. The molecule has 9 aromatic carbocycles. The summed E-state index contributed by atoms with van der Waals surface area (Å²) in [6, 6.07) is 76.6. The van der Waals surface area contributed by atoms with Gasteiger partial charge in [0.25, 0.3) is 0 Å². The second-order valence-electron chi connectivity index (χ2n) is 17.9. The van der Waals surface area contributed by atoms with E-state index in [1.165, 1.54) is 117 Å². The van der Waals surface area contributed by atoms with Gasteiger partial charge in [0.2, 0.25) is 0 Å². The summed E-state index contributed by atoms with van der Waals surface area (Å²) in [6.45, 7) is 4.78. The average Bonchev–Trinajstić information content (AvgIpc) is 3.97. The van der Waals surface area contributed by atoms with E-state index in [2.05, 4.69) is 219 Å². The first-order chi connectivity index (χ1) is 29.6. The van der Waals surface area contributed by atoms with Crippen LogP contribution in [0.15, 0.2) is 200 Å².